The van der Waals surface area contributed by atoms with Crippen LogP contribution in [-0.2, 0) is 4.79 Å². The first-order chi connectivity index (χ1) is 7.22. The molecule has 0 aliphatic heterocycles. The molecular weight excluding hydrogens is 190 g/mol. The Hall–Kier alpha value is -1.51. The van der Waals surface area contributed by atoms with E-state index in [2.05, 4.69) is 5.32 Å². The van der Waals surface area contributed by atoms with Gasteiger partial charge in [0.05, 0.1) is 13.0 Å². The van der Waals surface area contributed by atoms with Gasteiger partial charge in [0.2, 0.25) is 5.91 Å². The number of hydrogen-bond donors (Lipinski definition) is 1. The lowest BCUT2D eigenvalue weighted by atomic mass is 10.2. The quantitative estimate of drug-likeness (QED) is 0.800. The highest BCUT2D eigenvalue weighted by molar-refractivity contribution is 5.75. The van der Waals surface area contributed by atoms with Gasteiger partial charge in [0.15, 0.2) is 0 Å². The monoisotopic (exact) mass is 207 g/mol. The molecule has 15 heavy (non-hydrogen) atoms. The molecular formula is C12H17NO2. The van der Waals surface area contributed by atoms with Crippen molar-refractivity contribution in [1.29, 1.82) is 0 Å². The Balaban J connectivity index is 2.26. The zero-order chi connectivity index (χ0) is 11.1. The van der Waals surface area contributed by atoms with Gasteiger partial charge in [-0.3, -0.25) is 4.79 Å². The van der Waals surface area contributed by atoms with E-state index in [0.717, 1.165) is 5.75 Å². The van der Waals surface area contributed by atoms with Gasteiger partial charge in [-0.15, -0.1) is 0 Å². The van der Waals surface area contributed by atoms with Crippen molar-refractivity contribution in [1.82, 2.24) is 5.32 Å². The van der Waals surface area contributed by atoms with Crippen LogP contribution in [0.5, 0.6) is 5.75 Å². The Kier molecular flexibility index (Phi) is 4.68. The summed E-state index contributed by atoms with van der Waals surface area (Å²) in [6.45, 7) is 5.02. The summed E-state index contributed by atoms with van der Waals surface area (Å²) >= 11 is 0. The van der Waals surface area contributed by atoms with Gasteiger partial charge in [0, 0.05) is 6.54 Å². The first-order valence-corrected chi connectivity index (χ1v) is 5.18. The van der Waals surface area contributed by atoms with Crippen LogP contribution >= 0.6 is 0 Å². The third-order valence-corrected chi connectivity index (χ3v) is 1.99. The van der Waals surface area contributed by atoms with Gasteiger partial charge in [0.1, 0.15) is 5.75 Å². The predicted molar refractivity (Wildman–Crippen MR) is 60.0 cm³/mol. The first kappa shape index (κ1) is 11.6. The van der Waals surface area contributed by atoms with E-state index in [9.17, 15) is 4.79 Å². The number of amides is 1. The van der Waals surface area contributed by atoms with Crippen LogP contribution in [0.25, 0.3) is 0 Å². The Bertz CT molecular complexity index is 306. The van der Waals surface area contributed by atoms with E-state index in [-0.39, 0.29) is 5.91 Å². The van der Waals surface area contributed by atoms with Crippen LogP contribution in [0, 0.1) is 6.92 Å². The number of benzene rings is 1. The molecule has 0 atom stereocenters. The van der Waals surface area contributed by atoms with Crippen molar-refractivity contribution >= 4 is 5.91 Å². The summed E-state index contributed by atoms with van der Waals surface area (Å²) in [5.74, 6) is 0.842. The summed E-state index contributed by atoms with van der Waals surface area (Å²) in [4.78, 5) is 11.1. The van der Waals surface area contributed by atoms with Crippen molar-refractivity contribution in [2.75, 3.05) is 13.2 Å². The molecule has 0 saturated heterocycles. The van der Waals surface area contributed by atoms with Crippen molar-refractivity contribution in [3.63, 3.8) is 0 Å². The maximum absolute atomic E-state index is 11.1. The zero-order valence-corrected chi connectivity index (χ0v) is 9.25. The molecule has 0 saturated carbocycles. The topological polar surface area (TPSA) is 38.3 Å². The van der Waals surface area contributed by atoms with E-state index in [1.165, 1.54) is 5.56 Å². The fraction of sp³-hybridized carbons (Fsp3) is 0.417. The van der Waals surface area contributed by atoms with Gasteiger partial charge in [-0.05, 0) is 26.0 Å². The van der Waals surface area contributed by atoms with Gasteiger partial charge in [0.25, 0.3) is 0 Å². The second kappa shape index (κ2) is 6.06. The van der Waals surface area contributed by atoms with Crippen molar-refractivity contribution in [2.45, 2.75) is 20.3 Å². The highest BCUT2D eigenvalue weighted by atomic mass is 16.5. The lowest BCUT2D eigenvalue weighted by molar-refractivity contribution is -0.121. The Morgan fingerprint density at radius 1 is 1.33 bits per heavy atom. The maximum Gasteiger partial charge on any atom is 0.223 e. The highest BCUT2D eigenvalue weighted by Gasteiger charge is 1.99. The molecule has 0 aromatic heterocycles. The SMILES string of the molecule is CCNC(=O)CCOc1ccc(C)cc1. The molecule has 1 amide bonds. The molecule has 0 bridgehead atoms. The third kappa shape index (κ3) is 4.49. The molecule has 0 aliphatic rings. The van der Waals surface area contributed by atoms with Crippen molar-refractivity contribution in [3.05, 3.63) is 29.8 Å². The minimum Gasteiger partial charge on any atom is -0.493 e. The van der Waals surface area contributed by atoms with E-state index in [0.29, 0.717) is 19.6 Å². The van der Waals surface area contributed by atoms with E-state index in [1.807, 2.05) is 38.1 Å². The second-order valence-corrected chi connectivity index (χ2v) is 3.37. The van der Waals surface area contributed by atoms with Crippen LogP contribution in [0.4, 0.5) is 0 Å². The smallest absolute Gasteiger partial charge is 0.223 e. The number of nitrogens with one attached hydrogen (secondary N) is 1. The van der Waals surface area contributed by atoms with Crippen LogP contribution in [0.2, 0.25) is 0 Å². The van der Waals surface area contributed by atoms with Crippen LogP contribution in [0.3, 0.4) is 0 Å². The molecule has 0 heterocycles. The molecule has 3 nitrogen and oxygen atoms in total. The predicted octanol–water partition coefficient (Wildman–Crippen LogP) is 1.90. The Labute approximate surface area is 90.4 Å². The standard InChI is InChI=1S/C12H17NO2/c1-3-13-12(14)8-9-15-11-6-4-10(2)5-7-11/h4-7H,3,8-9H2,1-2H3,(H,13,14). The number of rotatable bonds is 5. The molecule has 1 rings (SSSR count). The molecule has 0 radical (unpaired) electrons. The number of aryl methyl sites for hydroxylation is 1. The van der Waals surface area contributed by atoms with Crippen molar-refractivity contribution < 1.29 is 9.53 Å². The summed E-state index contributed by atoms with van der Waals surface area (Å²) < 4.78 is 5.42. The molecule has 1 aromatic carbocycles. The fourth-order valence-corrected chi connectivity index (χ4v) is 1.18. The Morgan fingerprint density at radius 3 is 2.60 bits per heavy atom. The minimum atomic E-state index is 0.0320. The lowest BCUT2D eigenvalue weighted by Gasteiger charge is -2.06. The van der Waals surface area contributed by atoms with Crippen molar-refractivity contribution in [2.24, 2.45) is 0 Å². The van der Waals surface area contributed by atoms with Gasteiger partial charge < -0.3 is 10.1 Å². The molecule has 82 valence electrons. The molecule has 0 aliphatic carbocycles. The number of carbonyl (C=O) groups is 1. The fourth-order valence-electron chi connectivity index (χ4n) is 1.18. The zero-order valence-electron chi connectivity index (χ0n) is 9.25. The number of carbonyl (C=O) groups excluding carboxylic acids is 1. The second-order valence-electron chi connectivity index (χ2n) is 3.37. The summed E-state index contributed by atoms with van der Waals surface area (Å²) in [6, 6.07) is 7.79. The van der Waals surface area contributed by atoms with Crippen LogP contribution in [0.15, 0.2) is 24.3 Å². The van der Waals surface area contributed by atoms with E-state index in [4.69, 9.17) is 4.74 Å². The molecule has 0 unspecified atom stereocenters. The lowest BCUT2D eigenvalue weighted by Crippen LogP contribution is -2.24. The molecule has 3 heteroatoms. The summed E-state index contributed by atoms with van der Waals surface area (Å²) in [5, 5.41) is 2.72. The largest absolute Gasteiger partial charge is 0.493 e. The van der Waals surface area contributed by atoms with Gasteiger partial charge >= 0.3 is 0 Å². The molecule has 0 fully saturated rings. The highest BCUT2D eigenvalue weighted by Crippen LogP contribution is 2.11. The summed E-state index contributed by atoms with van der Waals surface area (Å²) in [5.41, 5.74) is 1.20. The van der Waals surface area contributed by atoms with E-state index < -0.39 is 0 Å². The molecule has 1 N–H and O–H groups in total. The molecule has 0 spiro atoms. The van der Waals surface area contributed by atoms with Crippen molar-refractivity contribution in [3.8, 4) is 5.75 Å². The van der Waals surface area contributed by atoms with E-state index in [1.54, 1.807) is 0 Å². The first-order valence-electron chi connectivity index (χ1n) is 5.18. The van der Waals surface area contributed by atoms with Gasteiger partial charge in [-0.2, -0.15) is 0 Å². The average Bonchev–Trinajstić information content (AvgIpc) is 2.21. The summed E-state index contributed by atoms with van der Waals surface area (Å²) in [7, 11) is 0. The maximum atomic E-state index is 11.1. The van der Waals surface area contributed by atoms with Crippen LogP contribution < -0.4 is 10.1 Å². The van der Waals surface area contributed by atoms with Crippen LogP contribution in [0.1, 0.15) is 18.9 Å². The average molecular weight is 207 g/mol. The van der Waals surface area contributed by atoms with Crippen LogP contribution in [-0.4, -0.2) is 19.1 Å². The number of ether oxygens (including phenoxy) is 1. The third-order valence-electron chi connectivity index (χ3n) is 1.99. The van der Waals surface area contributed by atoms with E-state index >= 15 is 0 Å². The molecule has 1 aromatic rings. The Morgan fingerprint density at radius 2 is 2.00 bits per heavy atom. The normalized spacial score (nSPS) is 9.73. The van der Waals surface area contributed by atoms with Gasteiger partial charge in [-0.1, -0.05) is 17.7 Å². The summed E-state index contributed by atoms with van der Waals surface area (Å²) in [6.07, 6.45) is 0.404. The van der Waals surface area contributed by atoms with Gasteiger partial charge in [-0.25, -0.2) is 0 Å². The number of hydrogen-bond acceptors (Lipinski definition) is 2. The minimum absolute atomic E-state index is 0.0320.